The molecule has 0 radical (unpaired) electrons. The Morgan fingerprint density at radius 1 is 1.23 bits per heavy atom. The zero-order chi connectivity index (χ0) is 18.7. The molecule has 26 heavy (non-hydrogen) atoms. The second kappa shape index (κ2) is 7.60. The number of hydrogen-bond acceptors (Lipinski definition) is 3. The van der Waals surface area contributed by atoms with Gasteiger partial charge in [-0.05, 0) is 44.5 Å². The van der Waals surface area contributed by atoms with Crippen LogP contribution in [0.3, 0.4) is 0 Å². The van der Waals surface area contributed by atoms with Crippen molar-refractivity contribution in [3.05, 3.63) is 59.2 Å². The van der Waals surface area contributed by atoms with Crippen LogP contribution >= 0.6 is 0 Å². The number of benzene rings is 2. The van der Waals surface area contributed by atoms with E-state index >= 15 is 0 Å². The van der Waals surface area contributed by atoms with E-state index in [4.69, 9.17) is 4.74 Å². The van der Waals surface area contributed by atoms with Gasteiger partial charge in [-0.1, -0.05) is 23.8 Å². The van der Waals surface area contributed by atoms with Gasteiger partial charge in [0.05, 0.1) is 13.2 Å². The van der Waals surface area contributed by atoms with Crippen LogP contribution < -0.4 is 15.0 Å². The third-order valence-corrected chi connectivity index (χ3v) is 4.69. The Hall–Kier alpha value is -2.82. The molecule has 136 valence electrons. The van der Waals surface area contributed by atoms with Gasteiger partial charge in [0.2, 0.25) is 5.91 Å². The SMILES string of the molecule is COc1ccc(C)cc1C(C)NC(=O)c1cccc(N2CCCC2=O)c1. The smallest absolute Gasteiger partial charge is 0.251 e. The van der Waals surface area contributed by atoms with Crippen molar-refractivity contribution in [3.8, 4) is 5.75 Å². The van der Waals surface area contributed by atoms with Crippen molar-refractivity contribution in [1.82, 2.24) is 5.32 Å². The number of carbonyl (C=O) groups excluding carboxylic acids is 2. The van der Waals surface area contributed by atoms with Crippen LogP contribution in [0, 0.1) is 6.92 Å². The fraction of sp³-hybridized carbons (Fsp3) is 0.333. The Bertz CT molecular complexity index is 832. The van der Waals surface area contributed by atoms with Crippen LogP contribution in [-0.4, -0.2) is 25.5 Å². The lowest BCUT2D eigenvalue weighted by Gasteiger charge is -2.19. The molecule has 0 aliphatic carbocycles. The van der Waals surface area contributed by atoms with Crippen LogP contribution in [0.5, 0.6) is 5.75 Å². The predicted molar refractivity (Wildman–Crippen MR) is 102 cm³/mol. The molecule has 1 aliphatic rings. The monoisotopic (exact) mass is 352 g/mol. The van der Waals surface area contributed by atoms with Gasteiger partial charge in [0, 0.05) is 29.8 Å². The summed E-state index contributed by atoms with van der Waals surface area (Å²) in [5, 5.41) is 3.02. The van der Waals surface area contributed by atoms with Crippen LogP contribution in [0.25, 0.3) is 0 Å². The van der Waals surface area contributed by atoms with E-state index in [0.29, 0.717) is 18.5 Å². The van der Waals surface area contributed by atoms with E-state index in [9.17, 15) is 9.59 Å². The van der Waals surface area contributed by atoms with Gasteiger partial charge in [0.15, 0.2) is 0 Å². The molecule has 1 fully saturated rings. The molecule has 0 aromatic heterocycles. The summed E-state index contributed by atoms with van der Waals surface area (Å²) in [5.74, 6) is 0.690. The number of nitrogens with zero attached hydrogens (tertiary/aromatic N) is 1. The van der Waals surface area contributed by atoms with Crippen molar-refractivity contribution in [1.29, 1.82) is 0 Å². The fourth-order valence-electron chi connectivity index (χ4n) is 3.29. The van der Waals surface area contributed by atoms with Gasteiger partial charge in [-0.2, -0.15) is 0 Å². The van der Waals surface area contributed by atoms with Gasteiger partial charge in [-0.15, -0.1) is 0 Å². The summed E-state index contributed by atoms with van der Waals surface area (Å²) in [6.07, 6.45) is 1.43. The Morgan fingerprint density at radius 3 is 2.73 bits per heavy atom. The highest BCUT2D eigenvalue weighted by Gasteiger charge is 2.22. The number of anilines is 1. The topological polar surface area (TPSA) is 58.6 Å². The van der Waals surface area contributed by atoms with Gasteiger partial charge in [-0.25, -0.2) is 0 Å². The molecule has 0 spiro atoms. The zero-order valence-electron chi connectivity index (χ0n) is 15.4. The second-order valence-electron chi connectivity index (χ2n) is 6.64. The van der Waals surface area contributed by atoms with Crippen molar-refractivity contribution >= 4 is 17.5 Å². The first-order valence-electron chi connectivity index (χ1n) is 8.85. The van der Waals surface area contributed by atoms with Crippen LogP contribution in [0.1, 0.15) is 47.3 Å². The largest absolute Gasteiger partial charge is 0.496 e. The molecule has 2 aromatic rings. The molecular weight excluding hydrogens is 328 g/mol. The van der Waals surface area contributed by atoms with Crippen molar-refractivity contribution in [2.24, 2.45) is 0 Å². The van der Waals surface area contributed by atoms with E-state index < -0.39 is 0 Å². The number of nitrogens with one attached hydrogen (secondary N) is 1. The maximum Gasteiger partial charge on any atom is 0.251 e. The molecule has 2 aromatic carbocycles. The summed E-state index contributed by atoms with van der Waals surface area (Å²) >= 11 is 0. The number of hydrogen-bond donors (Lipinski definition) is 1. The van der Waals surface area contributed by atoms with E-state index in [-0.39, 0.29) is 17.9 Å². The fourth-order valence-corrected chi connectivity index (χ4v) is 3.29. The molecule has 1 unspecified atom stereocenters. The number of carbonyl (C=O) groups is 2. The van der Waals surface area contributed by atoms with E-state index in [0.717, 1.165) is 29.0 Å². The average molecular weight is 352 g/mol. The summed E-state index contributed by atoms with van der Waals surface area (Å²) in [6, 6.07) is 12.9. The number of aryl methyl sites for hydroxylation is 1. The van der Waals surface area contributed by atoms with Crippen molar-refractivity contribution in [2.45, 2.75) is 32.7 Å². The van der Waals surface area contributed by atoms with Crippen molar-refractivity contribution < 1.29 is 14.3 Å². The highest BCUT2D eigenvalue weighted by molar-refractivity contribution is 5.99. The van der Waals surface area contributed by atoms with Crippen molar-refractivity contribution in [2.75, 3.05) is 18.6 Å². The Morgan fingerprint density at radius 2 is 2.04 bits per heavy atom. The van der Waals surface area contributed by atoms with Gasteiger partial charge in [0.25, 0.3) is 5.91 Å². The molecule has 1 atom stereocenters. The summed E-state index contributed by atoms with van der Waals surface area (Å²) in [6.45, 7) is 4.65. The van der Waals surface area contributed by atoms with Crippen LogP contribution in [-0.2, 0) is 4.79 Å². The summed E-state index contributed by atoms with van der Waals surface area (Å²) in [5.41, 5.74) is 3.37. The number of amides is 2. The Kier molecular flexibility index (Phi) is 5.26. The molecule has 0 bridgehead atoms. The summed E-state index contributed by atoms with van der Waals surface area (Å²) < 4.78 is 5.41. The van der Waals surface area contributed by atoms with Gasteiger partial charge >= 0.3 is 0 Å². The molecule has 1 N–H and O–H groups in total. The first-order chi connectivity index (χ1) is 12.5. The predicted octanol–water partition coefficient (Wildman–Crippen LogP) is 3.62. The minimum Gasteiger partial charge on any atom is -0.496 e. The minimum absolute atomic E-state index is 0.112. The van der Waals surface area contributed by atoms with Crippen LogP contribution in [0.15, 0.2) is 42.5 Å². The molecule has 3 rings (SSSR count). The van der Waals surface area contributed by atoms with Crippen molar-refractivity contribution in [3.63, 3.8) is 0 Å². The average Bonchev–Trinajstić information content (AvgIpc) is 3.07. The van der Waals surface area contributed by atoms with Gasteiger partial charge < -0.3 is 15.0 Å². The molecule has 2 amide bonds. The molecule has 5 nitrogen and oxygen atoms in total. The standard InChI is InChI=1S/C21H24N2O3/c1-14-9-10-19(26-3)18(12-14)15(2)22-21(25)16-6-4-7-17(13-16)23-11-5-8-20(23)24/h4,6-7,9-10,12-13,15H,5,8,11H2,1-3H3,(H,22,25). The summed E-state index contributed by atoms with van der Waals surface area (Å²) in [7, 11) is 1.62. The van der Waals surface area contributed by atoms with E-state index in [2.05, 4.69) is 5.32 Å². The normalized spacial score (nSPS) is 15.0. The highest BCUT2D eigenvalue weighted by atomic mass is 16.5. The molecule has 5 heteroatoms. The lowest BCUT2D eigenvalue weighted by atomic mass is 10.0. The molecule has 1 aliphatic heterocycles. The first-order valence-corrected chi connectivity index (χ1v) is 8.85. The molecule has 0 saturated carbocycles. The first kappa shape index (κ1) is 18.0. The number of ether oxygens (including phenoxy) is 1. The molecule has 1 saturated heterocycles. The van der Waals surface area contributed by atoms with Crippen LogP contribution in [0.4, 0.5) is 5.69 Å². The molecular formula is C21H24N2O3. The van der Waals surface area contributed by atoms with Gasteiger partial charge in [-0.3, -0.25) is 9.59 Å². The lowest BCUT2D eigenvalue weighted by Crippen LogP contribution is -2.28. The van der Waals surface area contributed by atoms with E-state index in [1.807, 2.05) is 44.2 Å². The zero-order valence-corrected chi connectivity index (χ0v) is 15.4. The minimum atomic E-state index is -0.200. The quantitative estimate of drug-likeness (QED) is 0.894. The van der Waals surface area contributed by atoms with E-state index in [1.165, 1.54) is 0 Å². The maximum atomic E-state index is 12.7. The third kappa shape index (κ3) is 3.72. The number of methoxy groups -OCH3 is 1. The maximum absolute atomic E-state index is 12.7. The third-order valence-electron chi connectivity index (χ3n) is 4.69. The Labute approximate surface area is 154 Å². The lowest BCUT2D eigenvalue weighted by molar-refractivity contribution is -0.117. The Balaban J connectivity index is 1.78. The summed E-state index contributed by atoms with van der Waals surface area (Å²) in [4.78, 5) is 26.4. The highest BCUT2D eigenvalue weighted by Crippen LogP contribution is 2.27. The second-order valence-corrected chi connectivity index (χ2v) is 6.64. The van der Waals surface area contributed by atoms with Crippen LogP contribution in [0.2, 0.25) is 0 Å². The van der Waals surface area contributed by atoms with E-state index in [1.54, 1.807) is 24.1 Å². The van der Waals surface area contributed by atoms with Gasteiger partial charge in [0.1, 0.15) is 5.75 Å². The molecule has 1 heterocycles. The number of rotatable bonds is 5.